The fourth-order valence-electron chi connectivity index (χ4n) is 3.12. The van der Waals surface area contributed by atoms with Gasteiger partial charge in [0.15, 0.2) is 4.77 Å². The van der Waals surface area contributed by atoms with Gasteiger partial charge in [0.2, 0.25) is 5.91 Å². The number of carbonyl (C=O) groups is 1. The van der Waals surface area contributed by atoms with Crippen LogP contribution in [0.15, 0.2) is 24.3 Å². The number of carbonyl (C=O) groups excluding carboxylic acids is 1. The zero-order valence-electron chi connectivity index (χ0n) is 12.5. The molecule has 0 radical (unpaired) electrons. The number of benzene rings is 1. The van der Waals surface area contributed by atoms with Crippen LogP contribution in [0.25, 0.3) is 11.0 Å². The molecule has 0 bridgehead atoms. The molecule has 0 saturated carbocycles. The molecule has 0 atom stereocenters. The quantitative estimate of drug-likeness (QED) is 0.871. The maximum Gasteiger partial charge on any atom is 0.321 e. The highest BCUT2D eigenvalue weighted by atomic mass is 32.1. The lowest BCUT2D eigenvalue weighted by Gasteiger charge is -2.30. The lowest BCUT2D eigenvalue weighted by atomic mass is 9.97. The largest absolute Gasteiger partial charge is 0.369 e. The molecule has 1 fully saturated rings. The number of primary amides is 1. The minimum atomic E-state index is -2.67. The van der Waals surface area contributed by atoms with E-state index in [0.717, 1.165) is 4.57 Å². The number of piperidine rings is 1. The molecule has 0 aliphatic carbocycles. The Morgan fingerprint density at radius 1 is 1.26 bits per heavy atom. The van der Waals surface area contributed by atoms with Crippen molar-refractivity contribution < 1.29 is 13.6 Å². The van der Waals surface area contributed by atoms with Crippen LogP contribution in [0.5, 0.6) is 0 Å². The normalized spacial score (nSPS) is 17.2. The molecular formula is C15H18F2N4OS. The number of rotatable bonds is 4. The molecule has 3 rings (SSSR count). The fourth-order valence-corrected chi connectivity index (χ4v) is 3.45. The lowest BCUT2D eigenvalue weighted by Crippen LogP contribution is -2.39. The van der Waals surface area contributed by atoms with Crippen LogP contribution >= 0.6 is 12.2 Å². The van der Waals surface area contributed by atoms with Crippen LogP contribution in [-0.4, -0.2) is 33.0 Å². The smallest absolute Gasteiger partial charge is 0.321 e. The lowest BCUT2D eigenvalue weighted by molar-refractivity contribution is -0.123. The number of imidazole rings is 1. The third-order valence-corrected chi connectivity index (χ3v) is 4.81. The predicted octanol–water partition coefficient (Wildman–Crippen LogP) is 2.72. The highest BCUT2D eigenvalue weighted by Crippen LogP contribution is 2.25. The van der Waals surface area contributed by atoms with Gasteiger partial charge in [-0.25, -0.2) is 0 Å². The minimum Gasteiger partial charge on any atom is -0.369 e. The Morgan fingerprint density at radius 3 is 2.43 bits per heavy atom. The number of aromatic nitrogens is 2. The van der Waals surface area contributed by atoms with Crippen LogP contribution in [0.2, 0.25) is 0 Å². The van der Waals surface area contributed by atoms with Crippen LogP contribution in [0.1, 0.15) is 19.4 Å². The maximum absolute atomic E-state index is 13.3. The Hall–Kier alpha value is -1.80. The molecule has 1 saturated heterocycles. The SMILES string of the molecule is NC(=O)C1CCN(Cn2c(=S)n(C(F)F)c3ccccc32)CC1. The number of halogens is 2. The van der Waals surface area contributed by atoms with Crippen molar-refractivity contribution >= 4 is 29.2 Å². The number of alkyl halides is 2. The Bertz CT molecular complexity index is 777. The van der Waals surface area contributed by atoms with Crippen LogP contribution < -0.4 is 5.73 Å². The van der Waals surface area contributed by atoms with E-state index >= 15 is 0 Å². The van der Waals surface area contributed by atoms with E-state index in [9.17, 15) is 13.6 Å². The number of amides is 1. The van der Waals surface area contributed by atoms with Gasteiger partial charge in [0.05, 0.1) is 17.7 Å². The zero-order valence-corrected chi connectivity index (χ0v) is 13.3. The summed E-state index contributed by atoms with van der Waals surface area (Å²) in [7, 11) is 0. The van der Waals surface area contributed by atoms with Gasteiger partial charge < -0.3 is 10.3 Å². The van der Waals surface area contributed by atoms with E-state index in [4.69, 9.17) is 18.0 Å². The van der Waals surface area contributed by atoms with E-state index in [1.54, 1.807) is 22.8 Å². The minimum absolute atomic E-state index is 0.0957. The summed E-state index contributed by atoms with van der Waals surface area (Å²) in [6, 6.07) is 6.97. The Kier molecular flexibility index (Phi) is 4.45. The van der Waals surface area contributed by atoms with E-state index in [0.29, 0.717) is 43.6 Å². The molecule has 8 heteroatoms. The number of para-hydroxylation sites is 2. The summed E-state index contributed by atoms with van der Waals surface area (Å²) < 4.78 is 29.3. The molecule has 0 unspecified atom stereocenters. The maximum atomic E-state index is 13.3. The second-order valence-corrected chi connectivity index (χ2v) is 6.15. The first kappa shape index (κ1) is 16.1. The van der Waals surface area contributed by atoms with E-state index in [2.05, 4.69) is 4.90 Å². The molecule has 1 aromatic heterocycles. The average molecular weight is 340 g/mol. The summed E-state index contributed by atoms with van der Waals surface area (Å²) in [4.78, 5) is 13.3. The third-order valence-electron chi connectivity index (χ3n) is 4.40. The molecule has 2 N–H and O–H groups in total. The van der Waals surface area contributed by atoms with Crippen LogP contribution in [0.4, 0.5) is 8.78 Å². The first-order chi connectivity index (χ1) is 11.0. The first-order valence-electron chi connectivity index (χ1n) is 7.48. The van der Waals surface area contributed by atoms with Gasteiger partial charge in [-0.15, -0.1) is 0 Å². The van der Waals surface area contributed by atoms with Gasteiger partial charge in [-0.1, -0.05) is 12.1 Å². The highest BCUT2D eigenvalue weighted by Gasteiger charge is 2.24. The van der Waals surface area contributed by atoms with Crippen molar-refractivity contribution in [2.24, 2.45) is 11.7 Å². The molecule has 0 spiro atoms. The Labute approximate surface area is 137 Å². The van der Waals surface area contributed by atoms with Gasteiger partial charge in [-0.05, 0) is 37.2 Å². The monoisotopic (exact) mass is 340 g/mol. The first-order valence-corrected chi connectivity index (χ1v) is 7.89. The number of likely N-dealkylation sites (tertiary alicyclic amines) is 1. The Balaban J connectivity index is 1.88. The number of nitrogens with two attached hydrogens (primary N) is 1. The average Bonchev–Trinajstić information content (AvgIpc) is 2.80. The Morgan fingerprint density at radius 2 is 1.87 bits per heavy atom. The number of nitrogens with zero attached hydrogens (tertiary/aromatic N) is 3. The van der Waals surface area contributed by atoms with Crippen molar-refractivity contribution in [2.45, 2.75) is 26.1 Å². The van der Waals surface area contributed by atoms with E-state index in [-0.39, 0.29) is 16.6 Å². The topological polar surface area (TPSA) is 56.2 Å². The van der Waals surface area contributed by atoms with Crippen molar-refractivity contribution in [2.75, 3.05) is 13.1 Å². The molecular weight excluding hydrogens is 322 g/mol. The van der Waals surface area contributed by atoms with Crippen LogP contribution in [0.3, 0.4) is 0 Å². The molecule has 1 amide bonds. The number of fused-ring (bicyclic) bond motifs is 1. The van der Waals surface area contributed by atoms with E-state index < -0.39 is 6.55 Å². The molecule has 1 aliphatic heterocycles. The molecule has 1 aromatic carbocycles. The van der Waals surface area contributed by atoms with E-state index in [1.807, 2.05) is 6.07 Å². The molecule has 124 valence electrons. The van der Waals surface area contributed by atoms with Crippen molar-refractivity contribution in [1.82, 2.24) is 14.0 Å². The highest BCUT2D eigenvalue weighted by molar-refractivity contribution is 7.71. The summed E-state index contributed by atoms with van der Waals surface area (Å²) in [6.45, 7) is -0.841. The van der Waals surface area contributed by atoms with Gasteiger partial charge in [0.1, 0.15) is 0 Å². The fraction of sp³-hybridized carbons (Fsp3) is 0.467. The number of hydrogen-bond acceptors (Lipinski definition) is 3. The van der Waals surface area contributed by atoms with Gasteiger partial charge >= 0.3 is 6.55 Å². The second kappa shape index (κ2) is 6.37. The van der Waals surface area contributed by atoms with Gasteiger partial charge in [-0.2, -0.15) is 8.78 Å². The van der Waals surface area contributed by atoms with Crippen LogP contribution in [-0.2, 0) is 11.5 Å². The molecule has 2 heterocycles. The van der Waals surface area contributed by atoms with Crippen molar-refractivity contribution in [3.05, 3.63) is 29.0 Å². The van der Waals surface area contributed by atoms with E-state index in [1.165, 1.54) is 0 Å². The van der Waals surface area contributed by atoms with Crippen LogP contribution in [0, 0.1) is 10.7 Å². The van der Waals surface area contributed by atoms with Gasteiger partial charge in [0, 0.05) is 19.0 Å². The summed E-state index contributed by atoms with van der Waals surface area (Å²) in [5, 5.41) is 0. The molecule has 1 aliphatic rings. The van der Waals surface area contributed by atoms with Crippen molar-refractivity contribution in [3.8, 4) is 0 Å². The summed E-state index contributed by atoms with van der Waals surface area (Å²) in [5.41, 5.74) is 6.45. The van der Waals surface area contributed by atoms with Gasteiger partial charge in [-0.3, -0.25) is 14.3 Å². The summed E-state index contributed by atoms with van der Waals surface area (Å²) >= 11 is 5.25. The predicted molar refractivity (Wildman–Crippen MR) is 85.5 cm³/mol. The van der Waals surface area contributed by atoms with Crippen molar-refractivity contribution in [1.29, 1.82) is 0 Å². The second-order valence-electron chi connectivity index (χ2n) is 5.78. The summed E-state index contributed by atoms with van der Waals surface area (Å²) in [6.07, 6.45) is 1.38. The molecule has 5 nitrogen and oxygen atoms in total. The summed E-state index contributed by atoms with van der Waals surface area (Å²) in [5.74, 6) is -0.364. The molecule has 23 heavy (non-hydrogen) atoms. The van der Waals surface area contributed by atoms with Crippen molar-refractivity contribution in [3.63, 3.8) is 0 Å². The standard InChI is InChI=1S/C15H18F2N4OS/c16-14(17)21-12-4-2-1-3-11(12)20(15(21)23)9-19-7-5-10(6-8-19)13(18)22/h1-4,10,14H,5-9H2,(H2,18,22). The number of hydrogen-bond donors (Lipinski definition) is 1. The molecule has 2 aromatic rings. The van der Waals surface area contributed by atoms with Gasteiger partial charge in [0.25, 0.3) is 0 Å². The third kappa shape index (κ3) is 3.00. The zero-order chi connectivity index (χ0) is 16.6.